The van der Waals surface area contributed by atoms with Crippen LogP contribution in [-0.4, -0.2) is 72.5 Å². The molecule has 0 bridgehead atoms. The number of nitrogens with one attached hydrogen (secondary N) is 5. The van der Waals surface area contributed by atoms with Gasteiger partial charge in [0.05, 0.1) is 56.8 Å². The lowest BCUT2D eigenvalue weighted by Gasteiger charge is -2.03. The predicted molar refractivity (Wildman–Crippen MR) is 204 cm³/mol. The van der Waals surface area contributed by atoms with Gasteiger partial charge in [-0.25, -0.2) is 15.0 Å². The van der Waals surface area contributed by atoms with Crippen LogP contribution in [0.4, 0.5) is 5.69 Å². The number of aryl methyl sites for hydroxylation is 1. The van der Waals surface area contributed by atoms with Crippen molar-refractivity contribution in [3.8, 4) is 22.8 Å². The number of amidine groups is 1. The third-order valence-corrected chi connectivity index (χ3v) is 10.1. The molecule has 51 heavy (non-hydrogen) atoms. The Morgan fingerprint density at radius 3 is 2.10 bits per heavy atom. The van der Waals surface area contributed by atoms with E-state index < -0.39 is 0 Å². The van der Waals surface area contributed by atoms with Gasteiger partial charge in [0.15, 0.2) is 0 Å². The Morgan fingerprint density at radius 1 is 0.608 bits per heavy atom. The first-order valence-electron chi connectivity index (χ1n) is 17.7. The third-order valence-electron chi connectivity index (χ3n) is 10.1. The van der Waals surface area contributed by atoms with Gasteiger partial charge in [0.2, 0.25) is 0 Å². The van der Waals surface area contributed by atoms with Crippen molar-refractivity contribution in [2.75, 3.05) is 19.6 Å². The van der Waals surface area contributed by atoms with Crippen LogP contribution >= 0.6 is 0 Å². The van der Waals surface area contributed by atoms with E-state index in [4.69, 9.17) is 30.3 Å². The van der Waals surface area contributed by atoms with Crippen molar-refractivity contribution in [1.29, 1.82) is 5.41 Å². The summed E-state index contributed by atoms with van der Waals surface area (Å²) in [5, 5.41) is 12.2. The molecule has 11 nitrogen and oxygen atoms in total. The molecule has 250 valence electrons. The minimum Gasteiger partial charge on any atom is -0.368 e. The highest BCUT2D eigenvalue weighted by Crippen LogP contribution is 2.33. The maximum atomic E-state index is 8.86. The summed E-state index contributed by atoms with van der Waals surface area (Å²) >= 11 is 0. The lowest BCUT2D eigenvalue weighted by Crippen LogP contribution is -2.19. The number of fused-ring (bicyclic) bond motifs is 4. The van der Waals surface area contributed by atoms with Crippen LogP contribution in [0.25, 0.3) is 55.9 Å². The average molecular weight is 670 g/mol. The Balaban J connectivity index is 0.853. The van der Waals surface area contributed by atoms with E-state index in [2.05, 4.69) is 67.7 Å². The van der Waals surface area contributed by atoms with E-state index in [-0.39, 0.29) is 0 Å². The largest absolute Gasteiger partial charge is 0.368 e. The van der Waals surface area contributed by atoms with Crippen LogP contribution in [0.3, 0.4) is 0 Å². The maximum Gasteiger partial charge on any atom is 0.138 e. The summed E-state index contributed by atoms with van der Waals surface area (Å²) in [6, 6.07) is 24.8. The maximum absolute atomic E-state index is 8.86. The number of aromatic amines is 3. The molecule has 3 aromatic heterocycles. The zero-order valence-electron chi connectivity index (χ0n) is 28.0. The Morgan fingerprint density at radius 2 is 1.29 bits per heavy atom. The van der Waals surface area contributed by atoms with Crippen LogP contribution in [-0.2, 0) is 6.42 Å². The number of hydrogen-bond acceptors (Lipinski definition) is 8. The van der Waals surface area contributed by atoms with E-state index in [9.17, 15) is 0 Å². The van der Waals surface area contributed by atoms with Crippen molar-refractivity contribution in [3.63, 3.8) is 0 Å². The number of rotatable bonds is 7. The SMILES string of the molecule is N=C1C(CCc2nc3ccc(-c4nc5ccc(C6=NCCCCC6)cc5[nH]4)cc3[nH]2)=Nc2cc(-c3nc4ccc(C5=NCCN5)cc4[nH]3)ccc21. The van der Waals surface area contributed by atoms with Gasteiger partial charge in [0.25, 0.3) is 0 Å². The van der Waals surface area contributed by atoms with Gasteiger partial charge < -0.3 is 20.3 Å². The minimum atomic E-state index is 0.466. The second kappa shape index (κ2) is 12.0. The first kappa shape index (κ1) is 29.7. The highest BCUT2D eigenvalue weighted by molar-refractivity contribution is 6.51. The van der Waals surface area contributed by atoms with Gasteiger partial charge >= 0.3 is 0 Å². The number of imidazole rings is 3. The third kappa shape index (κ3) is 5.41. The molecule has 4 aromatic carbocycles. The lowest BCUT2D eigenvalue weighted by atomic mass is 10.0. The number of aromatic nitrogens is 6. The highest BCUT2D eigenvalue weighted by atomic mass is 15.1. The lowest BCUT2D eigenvalue weighted by molar-refractivity contribution is 0.731. The molecule has 0 unspecified atom stereocenters. The molecule has 6 heterocycles. The zero-order chi connectivity index (χ0) is 33.9. The van der Waals surface area contributed by atoms with Gasteiger partial charge in [-0.3, -0.25) is 20.4 Å². The summed E-state index contributed by atoms with van der Waals surface area (Å²) in [7, 11) is 0. The molecule has 0 radical (unpaired) electrons. The number of aliphatic imine (C=N–C) groups is 3. The van der Waals surface area contributed by atoms with E-state index >= 15 is 0 Å². The normalized spacial score (nSPS) is 16.0. The van der Waals surface area contributed by atoms with Crippen molar-refractivity contribution in [2.24, 2.45) is 15.0 Å². The Bertz CT molecular complexity index is 2630. The van der Waals surface area contributed by atoms with Crippen molar-refractivity contribution in [2.45, 2.75) is 38.5 Å². The van der Waals surface area contributed by atoms with Crippen molar-refractivity contribution >= 4 is 61.8 Å². The second-order valence-corrected chi connectivity index (χ2v) is 13.5. The Labute approximate surface area is 293 Å². The molecule has 0 amide bonds. The quantitative estimate of drug-likeness (QED) is 0.119. The van der Waals surface area contributed by atoms with Gasteiger partial charge in [-0.2, -0.15) is 0 Å². The summed E-state index contributed by atoms with van der Waals surface area (Å²) < 4.78 is 0. The molecule has 0 atom stereocenters. The molecular weight excluding hydrogens is 635 g/mol. The molecule has 5 N–H and O–H groups in total. The molecular formula is C40H35N11. The molecule has 0 spiro atoms. The zero-order valence-corrected chi connectivity index (χ0v) is 28.0. The van der Waals surface area contributed by atoms with Gasteiger partial charge in [0.1, 0.15) is 23.3 Å². The summed E-state index contributed by atoms with van der Waals surface area (Å²) in [6.07, 6.45) is 5.91. The molecule has 10 rings (SSSR count). The molecule has 0 aliphatic carbocycles. The van der Waals surface area contributed by atoms with E-state index in [0.29, 0.717) is 18.6 Å². The molecule has 3 aliphatic heterocycles. The summed E-state index contributed by atoms with van der Waals surface area (Å²) in [4.78, 5) is 39.3. The van der Waals surface area contributed by atoms with E-state index in [1.54, 1.807) is 0 Å². The highest BCUT2D eigenvalue weighted by Gasteiger charge is 2.23. The van der Waals surface area contributed by atoms with Crippen LogP contribution in [0.5, 0.6) is 0 Å². The monoisotopic (exact) mass is 669 g/mol. The number of nitrogens with zero attached hydrogens (tertiary/aromatic N) is 6. The first-order chi connectivity index (χ1) is 25.1. The fourth-order valence-electron chi connectivity index (χ4n) is 7.41. The molecule has 7 aromatic rings. The van der Waals surface area contributed by atoms with Gasteiger partial charge in [0, 0.05) is 47.5 Å². The average Bonchev–Trinajstić information content (AvgIpc) is 3.99. The van der Waals surface area contributed by atoms with Crippen molar-refractivity contribution in [3.05, 3.63) is 95.3 Å². The van der Waals surface area contributed by atoms with Crippen molar-refractivity contribution < 1.29 is 0 Å². The Hall–Kier alpha value is -6.23. The molecule has 0 saturated carbocycles. The van der Waals surface area contributed by atoms with Gasteiger partial charge in [-0.15, -0.1) is 0 Å². The standard InChI is InChI=1S/C40H35N11/c41-37-26-9-5-24(39-49-30-12-7-23(20-35(30)51-39)38-43-16-17-44-38)19-32(26)45-31(37)13-14-36-46-28-11-8-25(21-33(28)47-36)40-48-29-10-6-22(18-34(29)50-40)27-4-2-1-3-15-42-27/h5-12,18-21,41H,1-4,13-17H2,(H,43,44)(H,46,47)(H,48,50)(H,49,51). The summed E-state index contributed by atoms with van der Waals surface area (Å²) in [5.41, 5.74) is 13.9. The first-order valence-corrected chi connectivity index (χ1v) is 17.7. The molecule has 11 heteroatoms. The number of H-pyrrole nitrogens is 3. The fraction of sp³-hybridized carbons (Fsp3) is 0.225. The van der Waals surface area contributed by atoms with E-state index in [0.717, 1.165) is 116 Å². The topological polar surface area (TPSA) is 159 Å². The summed E-state index contributed by atoms with van der Waals surface area (Å²) in [6.45, 7) is 2.59. The van der Waals surface area contributed by atoms with Crippen LogP contribution in [0.1, 0.15) is 54.6 Å². The van der Waals surface area contributed by atoms with Crippen LogP contribution < -0.4 is 5.32 Å². The summed E-state index contributed by atoms with van der Waals surface area (Å²) in [5.74, 6) is 3.40. The minimum absolute atomic E-state index is 0.466. The number of hydrogen-bond donors (Lipinski definition) is 5. The molecule has 0 saturated heterocycles. The van der Waals surface area contributed by atoms with Crippen LogP contribution in [0.15, 0.2) is 87.8 Å². The smallest absolute Gasteiger partial charge is 0.138 e. The van der Waals surface area contributed by atoms with Crippen molar-refractivity contribution in [1.82, 2.24) is 35.2 Å². The van der Waals surface area contributed by atoms with Gasteiger partial charge in [-0.1, -0.05) is 18.6 Å². The molecule has 0 fully saturated rings. The second-order valence-electron chi connectivity index (χ2n) is 13.5. The fourth-order valence-corrected chi connectivity index (χ4v) is 7.41. The van der Waals surface area contributed by atoms with Crippen LogP contribution in [0.2, 0.25) is 0 Å². The van der Waals surface area contributed by atoms with E-state index in [1.807, 2.05) is 30.3 Å². The van der Waals surface area contributed by atoms with Gasteiger partial charge in [-0.05, 0) is 91.9 Å². The van der Waals surface area contributed by atoms with E-state index in [1.165, 1.54) is 30.5 Å². The van der Waals surface area contributed by atoms with Crippen LogP contribution in [0, 0.1) is 5.41 Å². The predicted octanol–water partition coefficient (Wildman–Crippen LogP) is 7.45. The molecule has 3 aliphatic rings. The Kier molecular flexibility index (Phi) is 6.97. The number of benzene rings is 4.